The molecular weight excluding hydrogens is 164 g/mol. The molecule has 2 rings (SSSR count). The van der Waals surface area contributed by atoms with E-state index in [1.165, 1.54) is 0 Å². The molecule has 1 saturated heterocycles. The summed E-state index contributed by atoms with van der Waals surface area (Å²) in [6.07, 6.45) is 2.13. The lowest BCUT2D eigenvalue weighted by atomic mass is 9.94. The fourth-order valence-corrected chi connectivity index (χ4v) is 1.58. The van der Waals surface area contributed by atoms with Crippen molar-refractivity contribution in [1.82, 2.24) is 10.6 Å². The Labute approximate surface area is 79.3 Å². The molecule has 0 aromatic heterocycles. The highest BCUT2D eigenvalue weighted by Crippen LogP contribution is 2.45. The Morgan fingerprint density at radius 3 is 2.54 bits per heavy atom. The minimum atomic E-state index is -0.0224. The lowest BCUT2D eigenvalue weighted by Crippen LogP contribution is -2.54. The van der Waals surface area contributed by atoms with Crippen LogP contribution in [0.15, 0.2) is 0 Å². The van der Waals surface area contributed by atoms with Crippen LogP contribution < -0.4 is 10.6 Å². The molecule has 0 aromatic carbocycles. The molecule has 0 radical (unpaired) electrons. The van der Waals surface area contributed by atoms with Gasteiger partial charge in [-0.1, -0.05) is 6.92 Å². The van der Waals surface area contributed by atoms with Gasteiger partial charge in [0, 0.05) is 30.5 Å². The summed E-state index contributed by atoms with van der Waals surface area (Å²) in [7, 11) is 0. The van der Waals surface area contributed by atoms with E-state index in [4.69, 9.17) is 0 Å². The van der Waals surface area contributed by atoms with E-state index in [2.05, 4.69) is 17.6 Å². The first-order valence-corrected chi connectivity index (χ1v) is 5.13. The fraction of sp³-hybridized carbons (Fsp3) is 0.900. The standard InChI is InChI=1S/C10H18N2O/c1-7(8-5-11-6-8)12-9(13)10(2)3-4-10/h7-8,11H,3-6H2,1-2H3,(H,12,13). The summed E-state index contributed by atoms with van der Waals surface area (Å²) in [5, 5.41) is 6.32. The van der Waals surface area contributed by atoms with Gasteiger partial charge in [0.1, 0.15) is 0 Å². The number of hydrogen-bond donors (Lipinski definition) is 2. The van der Waals surface area contributed by atoms with Gasteiger partial charge in [-0.2, -0.15) is 0 Å². The molecule has 1 heterocycles. The molecule has 1 saturated carbocycles. The summed E-state index contributed by atoms with van der Waals surface area (Å²) < 4.78 is 0. The third kappa shape index (κ3) is 1.70. The van der Waals surface area contributed by atoms with Crippen LogP contribution in [-0.2, 0) is 4.79 Å². The van der Waals surface area contributed by atoms with Crippen LogP contribution in [0.25, 0.3) is 0 Å². The molecule has 3 heteroatoms. The fourth-order valence-electron chi connectivity index (χ4n) is 1.58. The molecule has 2 fully saturated rings. The van der Waals surface area contributed by atoms with E-state index in [1.807, 2.05) is 6.92 Å². The molecule has 13 heavy (non-hydrogen) atoms. The second kappa shape index (κ2) is 2.98. The number of hydrogen-bond acceptors (Lipinski definition) is 2. The molecular formula is C10H18N2O. The van der Waals surface area contributed by atoms with Crippen molar-refractivity contribution in [3.63, 3.8) is 0 Å². The Kier molecular flexibility index (Phi) is 2.06. The van der Waals surface area contributed by atoms with Gasteiger partial charge < -0.3 is 10.6 Å². The molecule has 1 amide bonds. The smallest absolute Gasteiger partial charge is 0.226 e. The average molecular weight is 182 g/mol. The van der Waals surface area contributed by atoms with Gasteiger partial charge in [0.05, 0.1) is 0 Å². The average Bonchev–Trinajstić information content (AvgIpc) is 2.64. The van der Waals surface area contributed by atoms with Crippen LogP contribution in [0.2, 0.25) is 0 Å². The normalized spacial score (nSPS) is 27.5. The summed E-state index contributed by atoms with van der Waals surface area (Å²) >= 11 is 0. The Bertz CT molecular complexity index is 219. The SMILES string of the molecule is CC(NC(=O)C1(C)CC1)C1CNC1. The van der Waals surface area contributed by atoms with Gasteiger partial charge in [-0.3, -0.25) is 4.79 Å². The Balaban J connectivity index is 1.79. The maximum atomic E-state index is 11.7. The van der Waals surface area contributed by atoms with E-state index >= 15 is 0 Å². The van der Waals surface area contributed by atoms with Crippen molar-refractivity contribution in [2.24, 2.45) is 11.3 Å². The zero-order valence-corrected chi connectivity index (χ0v) is 8.39. The third-order valence-electron chi connectivity index (χ3n) is 3.43. The summed E-state index contributed by atoms with van der Waals surface area (Å²) in [5.74, 6) is 0.901. The number of carbonyl (C=O) groups excluding carboxylic acids is 1. The third-order valence-corrected chi connectivity index (χ3v) is 3.43. The van der Waals surface area contributed by atoms with Crippen LogP contribution in [0.5, 0.6) is 0 Å². The lowest BCUT2D eigenvalue weighted by molar-refractivity contribution is -0.126. The van der Waals surface area contributed by atoms with Crippen LogP contribution in [0.4, 0.5) is 0 Å². The molecule has 1 unspecified atom stereocenters. The van der Waals surface area contributed by atoms with Crippen LogP contribution >= 0.6 is 0 Å². The van der Waals surface area contributed by atoms with Crippen LogP contribution in [0.1, 0.15) is 26.7 Å². The quantitative estimate of drug-likeness (QED) is 0.667. The number of amides is 1. The highest BCUT2D eigenvalue weighted by atomic mass is 16.2. The Morgan fingerprint density at radius 1 is 1.54 bits per heavy atom. The Morgan fingerprint density at radius 2 is 2.15 bits per heavy atom. The van der Waals surface area contributed by atoms with Crippen molar-refractivity contribution < 1.29 is 4.79 Å². The largest absolute Gasteiger partial charge is 0.353 e. The predicted molar refractivity (Wildman–Crippen MR) is 51.3 cm³/mol. The molecule has 0 spiro atoms. The highest BCUT2D eigenvalue weighted by Gasteiger charge is 2.45. The number of carbonyl (C=O) groups is 1. The Hall–Kier alpha value is -0.570. The summed E-state index contributed by atoms with van der Waals surface area (Å²) in [4.78, 5) is 11.7. The van der Waals surface area contributed by atoms with Gasteiger partial charge in [0.25, 0.3) is 0 Å². The molecule has 1 aliphatic heterocycles. The molecule has 2 N–H and O–H groups in total. The van der Waals surface area contributed by atoms with Crippen molar-refractivity contribution >= 4 is 5.91 Å². The zero-order chi connectivity index (χ0) is 9.47. The van der Waals surface area contributed by atoms with Crippen LogP contribution in [0, 0.1) is 11.3 Å². The first-order valence-electron chi connectivity index (χ1n) is 5.13. The molecule has 3 nitrogen and oxygen atoms in total. The summed E-state index contributed by atoms with van der Waals surface area (Å²) in [6.45, 7) is 6.26. The molecule has 0 aromatic rings. The maximum Gasteiger partial charge on any atom is 0.226 e. The topological polar surface area (TPSA) is 41.1 Å². The van der Waals surface area contributed by atoms with Gasteiger partial charge in [-0.25, -0.2) is 0 Å². The van der Waals surface area contributed by atoms with Gasteiger partial charge in [0.2, 0.25) is 5.91 Å². The second-order valence-corrected chi connectivity index (χ2v) is 4.74. The number of nitrogens with one attached hydrogen (secondary N) is 2. The van der Waals surface area contributed by atoms with Crippen molar-refractivity contribution in [2.75, 3.05) is 13.1 Å². The van der Waals surface area contributed by atoms with Gasteiger partial charge in [-0.05, 0) is 19.8 Å². The van der Waals surface area contributed by atoms with Crippen LogP contribution in [-0.4, -0.2) is 25.0 Å². The molecule has 0 bridgehead atoms. The van der Waals surface area contributed by atoms with Gasteiger partial charge in [-0.15, -0.1) is 0 Å². The molecule has 74 valence electrons. The zero-order valence-electron chi connectivity index (χ0n) is 8.39. The lowest BCUT2D eigenvalue weighted by Gasteiger charge is -2.33. The maximum absolute atomic E-state index is 11.7. The van der Waals surface area contributed by atoms with Crippen LogP contribution in [0.3, 0.4) is 0 Å². The number of rotatable bonds is 3. The van der Waals surface area contributed by atoms with Crippen molar-refractivity contribution in [1.29, 1.82) is 0 Å². The van der Waals surface area contributed by atoms with E-state index in [0.29, 0.717) is 12.0 Å². The minimum absolute atomic E-state index is 0.0224. The monoisotopic (exact) mass is 182 g/mol. The van der Waals surface area contributed by atoms with E-state index in [0.717, 1.165) is 25.9 Å². The van der Waals surface area contributed by atoms with E-state index < -0.39 is 0 Å². The van der Waals surface area contributed by atoms with Crippen molar-refractivity contribution in [2.45, 2.75) is 32.7 Å². The van der Waals surface area contributed by atoms with Crippen molar-refractivity contribution in [3.05, 3.63) is 0 Å². The van der Waals surface area contributed by atoms with Gasteiger partial charge in [0.15, 0.2) is 0 Å². The molecule has 2 aliphatic rings. The molecule has 1 aliphatic carbocycles. The van der Waals surface area contributed by atoms with E-state index in [-0.39, 0.29) is 11.3 Å². The first-order chi connectivity index (χ1) is 6.12. The molecule has 1 atom stereocenters. The van der Waals surface area contributed by atoms with E-state index in [9.17, 15) is 4.79 Å². The second-order valence-electron chi connectivity index (χ2n) is 4.74. The highest BCUT2D eigenvalue weighted by molar-refractivity contribution is 5.85. The summed E-state index contributed by atoms with van der Waals surface area (Å²) in [5.41, 5.74) is -0.0224. The summed E-state index contributed by atoms with van der Waals surface area (Å²) in [6, 6.07) is 0.339. The first kappa shape index (κ1) is 9.00. The van der Waals surface area contributed by atoms with E-state index in [1.54, 1.807) is 0 Å². The minimum Gasteiger partial charge on any atom is -0.353 e. The predicted octanol–water partition coefficient (Wildman–Crippen LogP) is 0.511. The van der Waals surface area contributed by atoms with Crippen molar-refractivity contribution in [3.8, 4) is 0 Å². The van der Waals surface area contributed by atoms with Gasteiger partial charge >= 0.3 is 0 Å².